The Kier molecular flexibility index (Phi) is 5.76. The molecule has 4 heteroatoms. The van der Waals surface area contributed by atoms with Crippen molar-refractivity contribution in [1.29, 1.82) is 0 Å². The maximum atomic E-state index is 5.87. The van der Waals surface area contributed by atoms with Gasteiger partial charge < -0.3 is 5.32 Å². The summed E-state index contributed by atoms with van der Waals surface area (Å²) in [4.78, 5) is 0. The molecule has 0 bridgehead atoms. The van der Waals surface area contributed by atoms with Crippen LogP contribution in [0.3, 0.4) is 0 Å². The van der Waals surface area contributed by atoms with Crippen LogP contribution in [0.5, 0.6) is 0 Å². The molecule has 0 aliphatic rings. The maximum absolute atomic E-state index is 5.87. The summed E-state index contributed by atoms with van der Waals surface area (Å²) in [6.45, 7) is 4.32. The highest BCUT2D eigenvalue weighted by atomic mass is 35.5. The van der Waals surface area contributed by atoms with Crippen LogP contribution >= 0.6 is 35.6 Å². The summed E-state index contributed by atoms with van der Waals surface area (Å²) in [6, 6.07) is 7.79. The fourth-order valence-corrected chi connectivity index (χ4v) is 2.12. The molecule has 0 spiro atoms. The fourth-order valence-electron chi connectivity index (χ4n) is 0.982. The van der Waals surface area contributed by atoms with Crippen LogP contribution in [0, 0.1) is 0 Å². The SMILES string of the molecule is C=CCNC(=S)SCc1cccc(Cl)c1. The van der Waals surface area contributed by atoms with E-state index in [0.717, 1.165) is 15.1 Å². The lowest BCUT2D eigenvalue weighted by atomic mass is 10.2. The minimum absolute atomic E-state index is 0.710. The Morgan fingerprint density at radius 1 is 1.60 bits per heavy atom. The fraction of sp³-hybridized carbons (Fsp3) is 0.182. The summed E-state index contributed by atoms with van der Waals surface area (Å²) in [5.74, 6) is 0.837. The predicted molar refractivity (Wildman–Crippen MR) is 73.5 cm³/mol. The Bertz CT molecular complexity index is 352. The van der Waals surface area contributed by atoms with Gasteiger partial charge in [0.05, 0.1) is 0 Å². The maximum Gasteiger partial charge on any atom is 0.134 e. The molecule has 0 aliphatic carbocycles. The molecule has 0 atom stereocenters. The van der Waals surface area contributed by atoms with Crippen molar-refractivity contribution in [2.24, 2.45) is 0 Å². The van der Waals surface area contributed by atoms with E-state index in [-0.39, 0.29) is 0 Å². The van der Waals surface area contributed by atoms with Gasteiger partial charge in [0.25, 0.3) is 0 Å². The second-order valence-corrected chi connectivity index (χ2v) is 4.96. The van der Waals surface area contributed by atoms with Gasteiger partial charge in [0, 0.05) is 17.3 Å². The highest BCUT2D eigenvalue weighted by Crippen LogP contribution is 2.16. The van der Waals surface area contributed by atoms with E-state index in [9.17, 15) is 0 Å². The van der Waals surface area contributed by atoms with Gasteiger partial charge in [0.1, 0.15) is 4.32 Å². The number of thioether (sulfide) groups is 1. The molecule has 80 valence electrons. The van der Waals surface area contributed by atoms with Crippen molar-refractivity contribution in [3.8, 4) is 0 Å². The van der Waals surface area contributed by atoms with Crippen LogP contribution in [0.4, 0.5) is 0 Å². The van der Waals surface area contributed by atoms with Gasteiger partial charge in [0.15, 0.2) is 0 Å². The number of hydrogen-bond acceptors (Lipinski definition) is 2. The molecule has 0 aliphatic heterocycles. The summed E-state index contributed by atoms with van der Waals surface area (Å²) in [7, 11) is 0. The zero-order chi connectivity index (χ0) is 11.1. The first-order valence-electron chi connectivity index (χ1n) is 4.48. The summed E-state index contributed by atoms with van der Waals surface area (Å²) in [6.07, 6.45) is 1.78. The van der Waals surface area contributed by atoms with Crippen molar-refractivity contribution >= 4 is 39.9 Å². The van der Waals surface area contributed by atoms with Crippen LogP contribution in [-0.4, -0.2) is 10.9 Å². The van der Waals surface area contributed by atoms with Gasteiger partial charge in [-0.15, -0.1) is 6.58 Å². The topological polar surface area (TPSA) is 12.0 Å². The van der Waals surface area contributed by atoms with Crippen molar-refractivity contribution in [1.82, 2.24) is 5.32 Å². The van der Waals surface area contributed by atoms with Crippen LogP contribution in [0.25, 0.3) is 0 Å². The van der Waals surface area contributed by atoms with E-state index in [1.807, 2.05) is 24.3 Å². The highest BCUT2D eigenvalue weighted by molar-refractivity contribution is 8.22. The van der Waals surface area contributed by atoms with Crippen molar-refractivity contribution < 1.29 is 0 Å². The molecular weight excluding hydrogens is 246 g/mol. The molecule has 0 amide bonds. The number of thiocarbonyl (C=S) groups is 1. The Labute approximate surface area is 105 Å². The van der Waals surface area contributed by atoms with Crippen LogP contribution in [0.15, 0.2) is 36.9 Å². The molecule has 0 saturated heterocycles. The first-order chi connectivity index (χ1) is 7.22. The quantitative estimate of drug-likeness (QED) is 0.654. The van der Waals surface area contributed by atoms with Gasteiger partial charge in [-0.1, -0.05) is 53.8 Å². The zero-order valence-corrected chi connectivity index (χ0v) is 10.6. The number of halogens is 1. The van der Waals surface area contributed by atoms with Gasteiger partial charge in [-0.3, -0.25) is 0 Å². The second kappa shape index (κ2) is 6.88. The van der Waals surface area contributed by atoms with Gasteiger partial charge in [-0.05, 0) is 17.7 Å². The Morgan fingerprint density at radius 3 is 3.07 bits per heavy atom. The summed E-state index contributed by atoms with van der Waals surface area (Å²) < 4.78 is 0.787. The Morgan fingerprint density at radius 2 is 2.40 bits per heavy atom. The third-order valence-electron chi connectivity index (χ3n) is 1.65. The molecular formula is C11H12ClNS2. The average Bonchev–Trinajstić information content (AvgIpc) is 2.23. The molecule has 1 N–H and O–H groups in total. The molecule has 1 aromatic rings. The summed E-state index contributed by atoms with van der Waals surface area (Å²) in [5.41, 5.74) is 1.18. The van der Waals surface area contributed by atoms with Crippen LogP contribution in [0.1, 0.15) is 5.56 Å². The van der Waals surface area contributed by atoms with Crippen molar-refractivity contribution in [2.45, 2.75) is 5.75 Å². The number of rotatable bonds is 4. The largest absolute Gasteiger partial charge is 0.368 e. The molecule has 15 heavy (non-hydrogen) atoms. The third kappa shape index (κ3) is 5.21. The monoisotopic (exact) mass is 257 g/mol. The van der Waals surface area contributed by atoms with E-state index in [4.69, 9.17) is 23.8 Å². The first kappa shape index (κ1) is 12.6. The number of nitrogens with one attached hydrogen (secondary N) is 1. The van der Waals surface area contributed by atoms with Gasteiger partial charge >= 0.3 is 0 Å². The molecule has 0 unspecified atom stereocenters. The van der Waals surface area contributed by atoms with E-state index in [2.05, 4.69) is 11.9 Å². The molecule has 0 radical (unpaired) electrons. The smallest absolute Gasteiger partial charge is 0.134 e. The third-order valence-corrected chi connectivity index (χ3v) is 3.27. The van der Waals surface area contributed by atoms with E-state index >= 15 is 0 Å². The molecule has 0 heterocycles. The van der Waals surface area contributed by atoms with E-state index in [0.29, 0.717) is 6.54 Å². The van der Waals surface area contributed by atoms with Gasteiger partial charge in [0.2, 0.25) is 0 Å². The molecule has 0 aromatic heterocycles. The number of benzene rings is 1. The second-order valence-electron chi connectivity index (χ2n) is 2.88. The zero-order valence-electron chi connectivity index (χ0n) is 8.20. The lowest BCUT2D eigenvalue weighted by Gasteiger charge is -2.05. The highest BCUT2D eigenvalue weighted by Gasteiger charge is 1.98. The lowest BCUT2D eigenvalue weighted by molar-refractivity contribution is 1.08. The van der Waals surface area contributed by atoms with E-state index in [1.54, 1.807) is 17.8 Å². The van der Waals surface area contributed by atoms with Crippen molar-refractivity contribution in [3.05, 3.63) is 47.5 Å². The minimum Gasteiger partial charge on any atom is -0.368 e. The van der Waals surface area contributed by atoms with Crippen LogP contribution in [0.2, 0.25) is 5.02 Å². The van der Waals surface area contributed by atoms with Crippen LogP contribution < -0.4 is 5.32 Å². The first-order valence-corrected chi connectivity index (χ1v) is 6.25. The standard InChI is InChI=1S/C11H12ClNS2/c1-2-6-13-11(14)15-8-9-4-3-5-10(12)7-9/h2-5,7H,1,6,8H2,(H,13,14). The molecule has 1 nitrogen and oxygen atoms in total. The lowest BCUT2D eigenvalue weighted by Crippen LogP contribution is -2.17. The Hall–Kier alpha value is -0.510. The van der Waals surface area contributed by atoms with Crippen LogP contribution in [-0.2, 0) is 5.75 Å². The van der Waals surface area contributed by atoms with Gasteiger partial charge in [-0.25, -0.2) is 0 Å². The van der Waals surface area contributed by atoms with Crippen molar-refractivity contribution in [3.63, 3.8) is 0 Å². The normalized spacial score (nSPS) is 9.67. The Balaban J connectivity index is 2.36. The molecule has 0 saturated carbocycles. The summed E-state index contributed by atoms with van der Waals surface area (Å²) >= 11 is 12.6. The summed E-state index contributed by atoms with van der Waals surface area (Å²) in [5, 5.41) is 3.82. The average molecular weight is 258 g/mol. The predicted octanol–water partition coefficient (Wildman–Crippen LogP) is 3.63. The molecule has 0 fully saturated rings. The van der Waals surface area contributed by atoms with E-state index < -0.39 is 0 Å². The van der Waals surface area contributed by atoms with Crippen molar-refractivity contribution in [2.75, 3.05) is 6.54 Å². The van der Waals surface area contributed by atoms with E-state index in [1.165, 1.54) is 5.56 Å². The molecule has 1 aromatic carbocycles. The van der Waals surface area contributed by atoms with Gasteiger partial charge in [-0.2, -0.15) is 0 Å². The minimum atomic E-state index is 0.710. The molecule has 1 rings (SSSR count). The number of hydrogen-bond donors (Lipinski definition) is 1.